The van der Waals surface area contributed by atoms with Crippen molar-refractivity contribution in [1.29, 1.82) is 0 Å². The Morgan fingerprint density at radius 1 is 0.420 bits per heavy atom. The third-order valence-electron chi connectivity index (χ3n) is 6.37. The van der Waals surface area contributed by atoms with Gasteiger partial charge in [-0.15, -0.1) is 10.2 Å². The van der Waals surface area contributed by atoms with Crippen LogP contribution in [0.1, 0.15) is 0 Å². The van der Waals surface area contributed by atoms with E-state index in [9.17, 15) is 60.7 Å². The number of azo groups is 2. The van der Waals surface area contributed by atoms with E-state index in [1.807, 2.05) is 0 Å². The molecule has 0 fully saturated rings. The first-order valence-electron chi connectivity index (χ1n) is 13.5. The number of hydrogen-bond donors (Lipinski definition) is 2. The summed E-state index contributed by atoms with van der Waals surface area (Å²) in [4.78, 5) is 61.5. The van der Waals surface area contributed by atoms with E-state index in [2.05, 4.69) is 31.1 Å². The normalized spacial score (nSPS) is 11.0. The summed E-state index contributed by atoms with van der Waals surface area (Å²) in [7, 11) is 0. The summed E-state index contributed by atoms with van der Waals surface area (Å²) in [5, 5.41) is 88.7. The average Bonchev–Trinajstić information content (AvgIpc) is 3.08. The smallest absolute Gasteiger partial charge is 0.310 e. The molecule has 0 radical (unpaired) electrons. The Kier molecular flexibility index (Phi) is 10.6. The number of nitro benzene ring substituents is 6. The van der Waals surface area contributed by atoms with Crippen LogP contribution in [0, 0.1) is 60.7 Å². The topological polar surface area (TPSA) is 332 Å². The molecule has 0 aliphatic rings. The zero-order valence-corrected chi connectivity index (χ0v) is 24.7. The van der Waals surface area contributed by atoms with Gasteiger partial charge in [0.1, 0.15) is 0 Å². The van der Waals surface area contributed by atoms with Crippen LogP contribution in [-0.2, 0) is 0 Å². The monoisotopic (exact) mass is 690 g/mol. The SMILES string of the molecule is O=[N+]([O-])c1cc([N+](=O)[O-])c(N=Nc2ccc(NCCNc3ccc(N=Nc4c([N+](=O)[O-])cc([N+](=O)[O-])cc4[N+](=O)[O-])cc3)cc2)c([N+](=O)[O-])c1. The van der Waals surface area contributed by atoms with Crippen LogP contribution in [-0.4, -0.2) is 42.6 Å². The van der Waals surface area contributed by atoms with Crippen LogP contribution in [0.2, 0.25) is 0 Å². The minimum atomic E-state index is -1.04. The second-order valence-electron chi connectivity index (χ2n) is 9.56. The maximum absolute atomic E-state index is 11.4. The van der Waals surface area contributed by atoms with Gasteiger partial charge in [-0.05, 0) is 48.5 Å². The van der Waals surface area contributed by atoms with E-state index in [1.54, 1.807) is 24.3 Å². The molecule has 0 amide bonds. The van der Waals surface area contributed by atoms with Gasteiger partial charge in [0.05, 0.1) is 65.2 Å². The molecular formula is C26H18N12O12. The molecule has 24 heteroatoms. The van der Waals surface area contributed by atoms with Gasteiger partial charge in [0.2, 0.25) is 11.4 Å². The van der Waals surface area contributed by atoms with Crippen molar-refractivity contribution in [3.8, 4) is 0 Å². The van der Waals surface area contributed by atoms with Crippen LogP contribution in [0.15, 0.2) is 93.3 Å². The van der Waals surface area contributed by atoms with Crippen molar-refractivity contribution in [2.75, 3.05) is 23.7 Å². The highest BCUT2D eigenvalue weighted by atomic mass is 16.6. The van der Waals surface area contributed by atoms with Crippen molar-refractivity contribution < 1.29 is 29.5 Å². The van der Waals surface area contributed by atoms with Crippen LogP contribution in [0.3, 0.4) is 0 Å². The largest absolute Gasteiger partial charge is 0.383 e. The Bertz CT molecular complexity index is 1870. The van der Waals surface area contributed by atoms with E-state index in [0.29, 0.717) is 48.7 Å². The molecule has 50 heavy (non-hydrogen) atoms. The summed E-state index contributed by atoms with van der Waals surface area (Å²) >= 11 is 0. The lowest BCUT2D eigenvalue weighted by Crippen LogP contribution is -2.13. The molecule has 24 nitrogen and oxygen atoms in total. The fourth-order valence-electron chi connectivity index (χ4n) is 4.07. The third-order valence-corrected chi connectivity index (χ3v) is 6.37. The van der Waals surface area contributed by atoms with E-state index < -0.39 is 75.0 Å². The quantitative estimate of drug-likeness (QED) is 0.0528. The van der Waals surface area contributed by atoms with Gasteiger partial charge in [0, 0.05) is 24.5 Å². The molecular weight excluding hydrogens is 672 g/mol. The molecule has 0 saturated carbocycles. The standard InChI is InChI=1S/C26H18N12O12/c39-33(40)19-11-21(35(43)44)25(22(12-19)36(45)46)31-29-17-5-1-15(2-6-17)27-9-10-28-16-3-7-18(8-4-16)30-32-26-23(37(47)48)13-20(34(41)42)14-24(26)38(49)50/h1-8,11-14,27-28H,9-10H2. The van der Waals surface area contributed by atoms with E-state index in [-0.39, 0.29) is 11.4 Å². The van der Waals surface area contributed by atoms with Gasteiger partial charge in [-0.25, -0.2) is 0 Å². The minimum Gasteiger partial charge on any atom is -0.383 e. The molecule has 4 rings (SSSR count). The molecule has 0 bridgehead atoms. The first-order chi connectivity index (χ1) is 23.7. The number of anilines is 2. The molecule has 2 N–H and O–H groups in total. The Hall–Kier alpha value is -7.92. The van der Waals surface area contributed by atoms with E-state index in [4.69, 9.17) is 0 Å². The summed E-state index contributed by atoms with van der Waals surface area (Å²) in [6, 6.07) is 14.4. The summed E-state index contributed by atoms with van der Waals surface area (Å²) < 4.78 is 0. The van der Waals surface area contributed by atoms with Gasteiger partial charge in [0.25, 0.3) is 11.4 Å². The van der Waals surface area contributed by atoms with Crippen LogP contribution in [0.5, 0.6) is 0 Å². The molecule has 0 heterocycles. The van der Waals surface area contributed by atoms with Crippen molar-refractivity contribution in [3.05, 3.63) is 133 Å². The second-order valence-corrected chi connectivity index (χ2v) is 9.56. The Balaban J connectivity index is 1.36. The highest BCUT2D eigenvalue weighted by Gasteiger charge is 2.32. The molecule has 4 aromatic carbocycles. The zero-order chi connectivity index (χ0) is 36.5. The third kappa shape index (κ3) is 8.46. The van der Waals surface area contributed by atoms with Gasteiger partial charge in [-0.3, -0.25) is 60.7 Å². The van der Waals surface area contributed by atoms with Gasteiger partial charge < -0.3 is 10.6 Å². The van der Waals surface area contributed by atoms with Crippen molar-refractivity contribution in [3.63, 3.8) is 0 Å². The van der Waals surface area contributed by atoms with Gasteiger partial charge in [-0.1, -0.05) is 0 Å². The van der Waals surface area contributed by atoms with Crippen LogP contribution in [0.25, 0.3) is 0 Å². The lowest BCUT2D eigenvalue weighted by molar-refractivity contribution is -0.402. The number of nitrogens with one attached hydrogen (secondary N) is 2. The maximum atomic E-state index is 11.4. The first kappa shape index (κ1) is 34.9. The maximum Gasteiger partial charge on any atom is 0.310 e. The zero-order valence-electron chi connectivity index (χ0n) is 24.7. The lowest BCUT2D eigenvalue weighted by Gasteiger charge is -2.09. The Morgan fingerprint density at radius 2 is 0.700 bits per heavy atom. The van der Waals surface area contributed by atoms with Crippen LogP contribution in [0.4, 0.5) is 68.2 Å². The fourth-order valence-corrected chi connectivity index (χ4v) is 4.07. The number of nitro groups is 6. The summed E-state index contributed by atoms with van der Waals surface area (Å²) in [6.07, 6.45) is 0. The van der Waals surface area contributed by atoms with Crippen LogP contribution >= 0.6 is 0 Å². The predicted octanol–water partition coefficient (Wildman–Crippen LogP) is 7.49. The van der Waals surface area contributed by atoms with E-state index in [1.165, 1.54) is 24.3 Å². The van der Waals surface area contributed by atoms with E-state index >= 15 is 0 Å². The summed E-state index contributed by atoms with van der Waals surface area (Å²) in [5.41, 5.74) is -5.45. The fraction of sp³-hybridized carbons (Fsp3) is 0.0769. The highest BCUT2D eigenvalue weighted by Crippen LogP contribution is 2.42. The highest BCUT2D eigenvalue weighted by molar-refractivity contribution is 5.75. The van der Waals surface area contributed by atoms with Gasteiger partial charge >= 0.3 is 22.7 Å². The lowest BCUT2D eigenvalue weighted by atomic mass is 10.2. The van der Waals surface area contributed by atoms with Gasteiger partial charge in [0.15, 0.2) is 0 Å². The molecule has 0 unspecified atom stereocenters. The number of benzene rings is 4. The Morgan fingerprint density at radius 3 is 0.940 bits per heavy atom. The average molecular weight is 691 g/mol. The number of rotatable bonds is 15. The summed E-state index contributed by atoms with van der Waals surface area (Å²) in [5.74, 6) is 0. The number of hydrogen-bond acceptors (Lipinski definition) is 18. The van der Waals surface area contributed by atoms with Crippen molar-refractivity contribution in [2.24, 2.45) is 20.5 Å². The predicted molar refractivity (Wildman–Crippen MR) is 171 cm³/mol. The molecule has 0 aliphatic carbocycles. The molecule has 0 saturated heterocycles. The minimum absolute atomic E-state index is 0.172. The molecule has 4 aromatic rings. The molecule has 0 aliphatic heterocycles. The van der Waals surface area contributed by atoms with Crippen molar-refractivity contribution >= 4 is 68.2 Å². The summed E-state index contributed by atoms with van der Waals surface area (Å²) in [6.45, 7) is 0.800. The molecule has 254 valence electrons. The van der Waals surface area contributed by atoms with Crippen molar-refractivity contribution in [1.82, 2.24) is 0 Å². The number of nitrogens with zero attached hydrogens (tertiary/aromatic N) is 10. The van der Waals surface area contributed by atoms with E-state index in [0.717, 1.165) is 0 Å². The second kappa shape index (κ2) is 15.1. The van der Waals surface area contributed by atoms with Crippen molar-refractivity contribution in [2.45, 2.75) is 0 Å². The molecule has 0 atom stereocenters. The van der Waals surface area contributed by atoms with Gasteiger partial charge in [-0.2, -0.15) is 10.2 Å². The number of non-ortho nitro benzene ring substituents is 2. The van der Waals surface area contributed by atoms with Crippen LogP contribution < -0.4 is 10.6 Å². The Labute approximate surface area is 275 Å². The molecule has 0 aromatic heterocycles. The first-order valence-corrected chi connectivity index (χ1v) is 13.5. The molecule has 0 spiro atoms.